The Morgan fingerprint density at radius 3 is 2.42 bits per heavy atom. The van der Waals surface area contributed by atoms with Gasteiger partial charge >= 0.3 is 6.36 Å². The second-order valence-electron chi connectivity index (χ2n) is 6.28. The van der Waals surface area contributed by atoms with E-state index in [1.54, 1.807) is 12.1 Å². The highest BCUT2D eigenvalue weighted by molar-refractivity contribution is 5.76. The number of hydrogen-bond acceptors (Lipinski definition) is 4. The zero-order valence-corrected chi connectivity index (χ0v) is 14.6. The van der Waals surface area contributed by atoms with Crippen molar-refractivity contribution in [1.29, 1.82) is 0 Å². The zero-order valence-electron chi connectivity index (χ0n) is 14.6. The van der Waals surface area contributed by atoms with Crippen LogP contribution in [0.15, 0.2) is 24.3 Å². The molecule has 1 aromatic carbocycles. The van der Waals surface area contributed by atoms with Gasteiger partial charge in [-0.15, -0.1) is 13.2 Å². The normalized spacial score (nSPS) is 15.9. The van der Waals surface area contributed by atoms with Crippen molar-refractivity contribution in [3.8, 4) is 5.75 Å². The highest BCUT2D eigenvalue weighted by Gasteiger charge is 2.31. The molecule has 1 fully saturated rings. The van der Waals surface area contributed by atoms with Crippen molar-refractivity contribution in [3.63, 3.8) is 0 Å². The number of carbonyl (C=O) groups excluding carboxylic acids is 1. The predicted molar refractivity (Wildman–Crippen MR) is 90.7 cm³/mol. The van der Waals surface area contributed by atoms with E-state index in [0.29, 0.717) is 39.1 Å². The Morgan fingerprint density at radius 2 is 1.85 bits per heavy atom. The third-order valence-electron chi connectivity index (χ3n) is 4.28. The lowest BCUT2D eigenvalue weighted by Crippen LogP contribution is -2.41. The summed E-state index contributed by atoms with van der Waals surface area (Å²) in [7, 11) is 0. The van der Waals surface area contributed by atoms with E-state index in [4.69, 9.17) is 10.5 Å². The van der Waals surface area contributed by atoms with Gasteiger partial charge < -0.3 is 20.1 Å². The fourth-order valence-electron chi connectivity index (χ4n) is 2.87. The van der Waals surface area contributed by atoms with Crippen molar-refractivity contribution in [2.24, 2.45) is 5.73 Å². The second-order valence-corrected chi connectivity index (χ2v) is 6.28. The number of halogens is 3. The van der Waals surface area contributed by atoms with Gasteiger partial charge in [-0.3, -0.25) is 4.79 Å². The van der Waals surface area contributed by atoms with Crippen LogP contribution >= 0.6 is 0 Å². The molecule has 0 unspecified atom stereocenters. The fraction of sp³-hybridized carbons (Fsp3) is 0.611. The van der Waals surface area contributed by atoms with Gasteiger partial charge in [-0.05, 0) is 49.9 Å². The van der Waals surface area contributed by atoms with E-state index >= 15 is 0 Å². The van der Waals surface area contributed by atoms with Gasteiger partial charge in [0.05, 0.1) is 6.10 Å². The molecule has 1 aliphatic rings. The topological polar surface area (TPSA) is 64.8 Å². The van der Waals surface area contributed by atoms with E-state index < -0.39 is 6.36 Å². The summed E-state index contributed by atoms with van der Waals surface area (Å²) in [5.41, 5.74) is 6.23. The summed E-state index contributed by atoms with van der Waals surface area (Å²) in [6.07, 6.45) is -1.22. The van der Waals surface area contributed by atoms with Crippen LogP contribution in [0, 0.1) is 0 Å². The fourth-order valence-corrected chi connectivity index (χ4v) is 2.87. The van der Waals surface area contributed by atoms with Crippen molar-refractivity contribution in [3.05, 3.63) is 29.8 Å². The second kappa shape index (κ2) is 9.78. The number of piperidine rings is 1. The molecule has 5 nitrogen and oxygen atoms in total. The summed E-state index contributed by atoms with van der Waals surface area (Å²) in [6.45, 7) is 2.61. The molecule has 1 aliphatic heterocycles. The number of nitrogens with zero attached hydrogens (tertiary/aromatic N) is 1. The van der Waals surface area contributed by atoms with Gasteiger partial charge in [0.25, 0.3) is 0 Å². The van der Waals surface area contributed by atoms with Crippen molar-refractivity contribution >= 4 is 5.91 Å². The number of ether oxygens (including phenoxy) is 2. The smallest absolute Gasteiger partial charge is 0.406 e. The molecule has 2 N–H and O–H groups in total. The van der Waals surface area contributed by atoms with Gasteiger partial charge in [-0.1, -0.05) is 12.1 Å². The number of benzene rings is 1. The quantitative estimate of drug-likeness (QED) is 0.711. The van der Waals surface area contributed by atoms with E-state index in [2.05, 4.69) is 4.74 Å². The number of nitrogens with two attached hydrogens (primary N) is 1. The number of hydrogen-bond donors (Lipinski definition) is 1. The van der Waals surface area contributed by atoms with Gasteiger partial charge in [0.2, 0.25) is 5.91 Å². The van der Waals surface area contributed by atoms with Gasteiger partial charge in [0, 0.05) is 26.1 Å². The first kappa shape index (κ1) is 20.5. The van der Waals surface area contributed by atoms with Gasteiger partial charge in [-0.2, -0.15) is 0 Å². The van der Waals surface area contributed by atoms with Gasteiger partial charge in [-0.25, -0.2) is 0 Å². The number of amides is 1. The number of likely N-dealkylation sites (tertiary alicyclic amines) is 1. The molecular weight excluding hydrogens is 349 g/mol. The summed E-state index contributed by atoms with van der Waals surface area (Å²) in [5.74, 6) is -0.203. The molecule has 26 heavy (non-hydrogen) atoms. The Hall–Kier alpha value is -1.80. The Bertz CT molecular complexity index is 556. The van der Waals surface area contributed by atoms with Crippen molar-refractivity contribution in [2.45, 2.75) is 44.6 Å². The lowest BCUT2D eigenvalue weighted by molar-refractivity contribution is -0.274. The van der Waals surface area contributed by atoms with Crippen LogP contribution < -0.4 is 10.5 Å². The first-order valence-electron chi connectivity index (χ1n) is 8.81. The Kier molecular flexibility index (Phi) is 7.71. The van der Waals surface area contributed by atoms with Crippen LogP contribution in [0.25, 0.3) is 0 Å². The minimum atomic E-state index is -4.70. The third kappa shape index (κ3) is 7.21. The first-order valence-corrected chi connectivity index (χ1v) is 8.81. The number of rotatable bonds is 8. The molecule has 0 aromatic heterocycles. The van der Waals surface area contributed by atoms with Gasteiger partial charge in [0.1, 0.15) is 5.75 Å². The molecule has 2 rings (SSSR count). The Morgan fingerprint density at radius 1 is 1.19 bits per heavy atom. The van der Waals surface area contributed by atoms with Crippen LogP contribution in [-0.2, 0) is 16.0 Å². The maximum absolute atomic E-state index is 12.3. The van der Waals surface area contributed by atoms with Crippen molar-refractivity contribution in [1.82, 2.24) is 4.90 Å². The highest BCUT2D eigenvalue weighted by atomic mass is 19.4. The maximum Gasteiger partial charge on any atom is 0.573 e. The van der Waals surface area contributed by atoms with E-state index in [9.17, 15) is 18.0 Å². The molecule has 1 saturated heterocycles. The van der Waals surface area contributed by atoms with Crippen LogP contribution in [0.5, 0.6) is 5.75 Å². The highest BCUT2D eigenvalue weighted by Crippen LogP contribution is 2.23. The zero-order chi connectivity index (χ0) is 19.0. The van der Waals surface area contributed by atoms with Crippen LogP contribution in [0.1, 0.15) is 31.2 Å². The molecule has 1 aromatic rings. The van der Waals surface area contributed by atoms with E-state index in [-0.39, 0.29) is 17.8 Å². The number of alkyl halides is 3. The van der Waals surface area contributed by atoms with E-state index in [1.165, 1.54) is 12.1 Å². The number of aryl methyl sites for hydroxylation is 1. The Labute approximate surface area is 151 Å². The largest absolute Gasteiger partial charge is 0.573 e. The molecule has 0 atom stereocenters. The summed E-state index contributed by atoms with van der Waals surface area (Å²) in [5, 5.41) is 0. The molecule has 0 radical (unpaired) electrons. The predicted octanol–water partition coefficient (Wildman–Crippen LogP) is 2.87. The SMILES string of the molecule is NCCCOC1CCN(C(=O)CCc2ccc(OC(F)(F)F)cc2)CC1. The van der Waals surface area contributed by atoms with Gasteiger partial charge in [0.15, 0.2) is 0 Å². The Balaban J connectivity index is 1.70. The monoisotopic (exact) mass is 374 g/mol. The lowest BCUT2D eigenvalue weighted by Gasteiger charge is -2.32. The minimum Gasteiger partial charge on any atom is -0.406 e. The van der Waals surface area contributed by atoms with E-state index in [1.807, 2.05) is 4.90 Å². The van der Waals surface area contributed by atoms with E-state index in [0.717, 1.165) is 24.8 Å². The average Bonchev–Trinajstić information content (AvgIpc) is 2.60. The van der Waals surface area contributed by atoms with Crippen LogP contribution in [0.3, 0.4) is 0 Å². The maximum atomic E-state index is 12.3. The van der Waals surface area contributed by atoms with Crippen LogP contribution in [-0.4, -0.2) is 49.5 Å². The molecule has 0 bridgehead atoms. The summed E-state index contributed by atoms with van der Waals surface area (Å²) < 4.78 is 45.9. The summed E-state index contributed by atoms with van der Waals surface area (Å²) in [6, 6.07) is 5.62. The van der Waals surface area contributed by atoms with Crippen molar-refractivity contribution < 1.29 is 27.4 Å². The molecule has 8 heteroatoms. The van der Waals surface area contributed by atoms with Crippen molar-refractivity contribution in [2.75, 3.05) is 26.2 Å². The standard InChI is InChI=1S/C18H25F3N2O3/c19-18(20,21)26-16-5-2-14(3-6-16)4-7-17(24)23-11-8-15(9-12-23)25-13-1-10-22/h2-3,5-6,15H,1,4,7-13,22H2. The molecule has 0 aliphatic carbocycles. The molecule has 1 amide bonds. The molecule has 0 spiro atoms. The summed E-state index contributed by atoms with van der Waals surface area (Å²) in [4.78, 5) is 14.1. The summed E-state index contributed by atoms with van der Waals surface area (Å²) >= 11 is 0. The molecule has 1 heterocycles. The number of carbonyl (C=O) groups is 1. The van der Waals surface area contributed by atoms with Crippen LogP contribution in [0.2, 0.25) is 0 Å². The molecular formula is C18H25F3N2O3. The molecule has 146 valence electrons. The lowest BCUT2D eigenvalue weighted by atomic mass is 10.1. The van der Waals surface area contributed by atoms with Crippen LogP contribution in [0.4, 0.5) is 13.2 Å². The molecule has 0 saturated carbocycles. The minimum absolute atomic E-state index is 0.0565. The first-order chi connectivity index (χ1) is 12.4. The average molecular weight is 374 g/mol. The third-order valence-corrected chi connectivity index (χ3v) is 4.28.